The van der Waals surface area contributed by atoms with Gasteiger partial charge in [-0.1, -0.05) is 18.2 Å². The zero-order valence-corrected chi connectivity index (χ0v) is 9.59. The Kier molecular flexibility index (Phi) is 1.30. The van der Waals surface area contributed by atoms with E-state index in [9.17, 15) is 8.42 Å². The van der Waals surface area contributed by atoms with Crippen molar-refractivity contribution >= 4 is 10.1 Å². The summed E-state index contributed by atoms with van der Waals surface area (Å²) in [7, 11) is -3.39. The molecule has 0 bridgehead atoms. The third-order valence-corrected chi connectivity index (χ3v) is 5.97. The zero-order chi connectivity index (χ0) is 11.0. The molecule has 0 N–H and O–H groups in total. The number of para-hydroxylation sites is 1. The average Bonchev–Trinajstić information content (AvgIpc) is 2.65. The summed E-state index contributed by atoms with van der Waals surface area (Å²) in [6.07, 6.45) is 3.17. The SMILES string of the molecule is O=S1(=O)CC23CCC2(C3)c2ccccc2O1. The second-order valence-corrected chi connectivity index (χ2v) is 6.89. The predicted molar refractivity (Wildman–Crippen MR) is 58.8 cm³/mol. The smallest absolute Gasteiger partial charge is 0.309 e. The number of rotatable bonds is 0. The van der Waals surface area contributed by atoms with Gasteiger partial charge in [0, 0.05) is 11.0 Å². The van der Waals surface area contributed by atoms with Gasteiger partial charge >= 0.3 is 10.1 Å². The molecule has 2 fully saturated rings. The van der Waals surface area contributed by atoms with E-state index in [-0.39, 0.29) is 16.6 Å². The fourth-order valence-corrected chi connectivity index (χ4v) is 5.38. The average molecular weight is 236 g/mol. The van der Waals surface area contributed by atoms with Crippen molar-refractivity contribution in [2.24, 2.45) is 5.41 Å². The van der Waals surface area contributed by atoms with Gasteiger partial charge in [0.15, 0.2) is 0 Å². The first kappa shape index (κ1) is 9.05. The minimum Gasteiger partial charge on any atom is -0.382 e. The van der Waals surface area contributed by atoms with Gasteiger partial charge in [0.1, 0.15) is 5.75 Å². The number of hydrogen-bond donors (Lipinski definition) is 0. The summed E-state index contributed by atoms with van der Waals surface area (Å²) in [6, 6.07) is 7.60. The van der Waals surface area contributed by atoms with Crippen LogP contribution in [0.15, 0.2) is 24.3 Å². The summed E-state index contributed by atoms with van der Waals surface area (Å²) in [5.74, 6) is 0.760. The predicted octanol–water partition coefficient (Wildman–Crippen LogP) is 1.83. The van der Waals surface area contributed by atoms with Gasteiger partial charge in [0.05, 0.1) is 5.75 Å². The Morgan fingerprint density at radius 3 is 2.75 bits per heavy atom. The van der Waals surface area contributed by atoms with E-state index in [2.05, 4.69) is 0 Å². The summed E-state index contributed by atoms with van der Waals surface area (Å²) in [6.45, 7) is 0. The van der Waals surface area contributed by atoms with Crippen molar-refractivity contribution in [3.8, 4) is 5.75 Å². The Morgan fingerprint density at radius 2 is 2.00 bits per heavy atom. The summed E-state index contributed by atoms with van der Waals surface area (Å²) < 4.78 is 28.8. The van der Waals surface area contributed by atoms with Crippen LogP contribution in [0.25, 0.3) is 0 Å². The van der Waals surface area contributed by atoms with E-state index < -0.39 is 10.1 Å². The molecule has 3 nitrogen and oxygen atoms in total. The molecule has 2 unspecified atom stereocenters. The van der Waals surface area contributed by atoms with Crippen molar-refractivity contribution in [2.75, 3.05) is 5.75 Å². The highest BCUT2D eigenvalue weighted by Gasteiger charge is 2.77. The van der Waals surface area contributed by atoms with Gasteiger partial charge in [-0.15, -0.1) is 0 Å². The summed E-state index contributed by atoms with van der Waals surface area (Å²) in [5.41, 5.74) is 1.26. The van der Waals surface area contributed by atoms with Crippen LogP contribution in [0.5, 0.6) is 5.75 Å². The molecule has 0 saturated heterocycles. The van der Waals surface area contributed by atoms with Crippen molar-refractivity contribution in [3.63, 3.8) is 0 Å². The molecule has 1 aromatic carbocycles. The molecule has 0 aromatic heterocycles. The molecule has 2 atom stereocenters. The maximum Gasteiger partial charge on any atom is 0.309 e. The van der Waals surface area contributed by atoms with Gasteiger partial charge in [-0.2, -0.15) is 8.42 Å². The van der Waals surface area contributed by atoms with Gasteiger partial charge < -0.3 is 4.18 Å². The monoisotopic (exact) mass is 236 g/mol. The standard InChI is InChI=1S/C12H12O3S/c13-16(14)8-11-5-6-12(11,7-11)9-3-1-2-4-10(9)15-16/h1-4H,5-8H2. The normalized spacial score (nSPS) is 41.5. The molecule has 0 spiro atoms. The molecule has 2 aliphatic carbocycles. The fraction of sp³-hybridized carbons (Fsp3) is 0.500. The number of fused-ring (bicyclic) bond motifs is 1. The van der Waals surface area contributed by atoms with Crippen LogP contribution >= 0.6 is 0 Å². The Balaban J connectivity index is 1.99. The highest BCUT2D eigenvalue weighted by molar-refractivity contribution is 7.87. The van der Waals surface area contributed by atoms with Gasteiger partial charge in [0.2, 0.25) is 0 Å². The molecular weight excluding hydrogens is 224 g/mol. The number of benzene rings is 1. The van der Waals surface area contributed by atoms with Crippen LogP contribution in [0.4, 0.5) is 0 Å². The molecule has 1 heterocycles. The molecule has 1 aliphatic heterocycles. The lowest BCUT2D eigenvalue weighted by Gasteiger charge is -2.33. The maximum atomic E-state index is 11.8. The molecule has 84 valence electrons. The minimum atomic E-state index is -3.39. The Labute approximate surface area is 94.6 Å². The van der Waals surface area contributed by atoms with Crippen LogP contribution in [0.1, 0.15) is 24.8 Å². The topological polar surface area (TPSA) is 43.4 Å². The molecule has 4 heteroatoms. The summed E-state index contributed by atoms with van der Waals surface area (Å²) in [4.78, 5) is 0. The second kappa shape index (κ2) is 2.30. The Bertz CT molecular complexity index is 592. The summed E-state index contributed by atoms with van der Waals surface area (Å²) in [5, 5.41) is 0. The van der Waals surface area contributed by atoms with E-state index in [0.717, 1.165) is 24.8 Å². The van der Waals surface area contributed by atoms with E-state index in [4.69, 9.17) is 4.18 Å². The Morgan fingerprint density at radius 1 is 1.19 bits per heavy atom. The lowest BCUT2D eigenvalue weighted by Crippen LogP contribution is -2.33. The van der Waals surface area contributed by atoms with Crippen molar-refractivity contribution < 1.29 is 12.6 Å². The van der Waals surface area contributed by atoms with Gasteiger partial charge in [-0.05, 0) is 30.7 Å². The first-order valence-electron chi connectivity index (χ1n) is 5.59. The first-order chi connectivity index (χ1) is 7.57. The van der Waals surface area contributed by atoms with Crippen LogP contribution in [0, 0.1) is 5.41 Å². The molecule has 0 radical (unpaired) electrons. The van der Waals surface area contributed by atoms with E-state index in [1.54, 1.807) is 6.07 Å². The van der Waals surface area contributed by atoms with Gasteiger partial charge in [-0.25, -0.2) is 0 Å². The van der Waals surface area contributed by atoms with Gasteiger partial charge in [-0.3, -0.25) is 0 Å². The van der Waals surface area contributed by atoms with Crippen LogP contribution in [0.3, 0.4) is 0 Å². The highest BCUT2D eigenvalue weighted by Crippen LogP contribution is 2.79. The largest absolute Gasteiger partial charge is 0.382 e. The third kappa shape index (κ3) is 0.842. The van der Waals surface area contributed by atoms with E-state index in [1.165, 1.54) is 0 Å². The lowest BCUT2D eigenvalue weighted by molar-refractivity contribution is 0.281. The minimum absolute atomic E-state index is 0.0123. The third-order valence-electron chi connectivity index (χ3n) is 4.63. The molecule has 1 aromatic rings. The molecule has 2 saturated carbocycles. The van der Waals surface area contributed by atoms with Crippen molar-refractivity contribution in [2.45, 2.75) is 24.7 Å². The number of hydrogen-bond acceptors (Lipinski definition) is 3. The zero-order valence-electron chi connectivity index (χ0n) is 8.77. The van der Waals surface area contributed by atoms with E-state index in [1.807, 2.05) is 18.2 Å². The lowest BCUT2D eigenvalue weighted by atomic mass is 9.71. The molecule has 3 aliphatic rings. The molecule has 16 heavy (non-hydrogen) atoms. The van der Waals surface area contributed by atoms with Crippen LogP contribution in [-0.4, -0.2) is 14.2 Å². The van der Waals surface area contributed by atoms with Crippen molar-refractivity contribution in [3.05, 3.63) is 29.8 Å². The maximum absolute atomic E-state index is 11.8. The van der Waals surface area contributed by atoms with Crippen LogP contribution in [-0.2, 0) is 15.5 Å². The van der Waals surface area contributed by atoms with E-state index >= 15 is 0 Å². The second-order valence-electron chi connectivity index (χ2n) is 5.32. The molecule has 0 amide bonds. The first-order valence-corrected chi connectivity index (χ1v) is 7.17. The van der Waals surface area contributed by atoms with Crippen molar-refractivity contribution in [1.82, 2.24) is 0 Å². The molecule has 4 rings (SSSR count). The molecular formula is C12H12O3S. The quantitative estimate of drug-likeness (QED) is 0.645. The van der Waals surface area contributed by atoms with E-state index in [0.29, 0.717) is 5.75 Å². The highest BCUT2D eigenvalue weighted by atomic mass is 32.2. The van der Waals surface area contributed by atoms with Crippen LogP contribution < -0.4 is 4.18 Å². The summed E-state index contributed by atoms with van der Waals surface area (Å²) >= 11 is 0. The Hall–Kier alpha value is -1.03. The van der Waals surface area contributed by atoms with Crippen LogP contribution in [0.2, 0.25) is 0 Å². The van der Waals surface area contributed by atoms with Gasteiger partial charge in [0.25, 0.3) is 0 Å². The fourth-order valence-electron chi connectivity index (χ4n) is 3.71. The van der Waals surface area contributed by atoms with Crippen molar-refractivity contribution in [1.29, 1.82) is 0 Å².